The zero-order chi connectivity index (χ0) is 24.3. The van der Waals surface area contributed by atoms with Crippen LogP contribution in [0.3, 0.4) is 0 Å². The Morgan fingerprint density at radius 3 is 2.35 bits per heavy atom. The van der Waals surface area contributed by atoms with E-state index >= 15 is 0 Å². The summed E-state index contributed by atoms with van der Waals surface area (Å²) in [7, 11) is -3.68. The Kier molecular flexibility index (Phi) is 7.20. The Balaban J connectivity index is 1.41. The van der Waals surface area contributed by atoms with Gasteiger partial charge >= 0.3 is 0 Å². The summed E-state index contributed by atoms with van der Waals surface area (Å²) in [6.07, 6.45) is 1.44. The third-order valence-corrected chi connectivity index (χ3v) is 8.11. The molecule has 9 nitrogen and oxygen atoms in total. The maximum absolute atomic E-state index is 13.1. The zero-order valence-corrected chi connectivity index (χ0v) is 20.2. The molecule has 34 heavy (non-hydrogen) atoms. The molecule has 0 spiro atoms. The molecule has 2 saturated heterocycles. The molecule has 2 amide bonds. The van der Waals surface area contributed by atoms with Crippen LogP contribution >= 0.6 is 0 Å². The first-order valence-corrected chi connectivity index (χ1v) is 12.9. The lowest BCUT2D eigenvalue weighted by Gasteiger charge is -2.27. The molecule has 2 N–H and O–H groups in total. The van der Waals surface area contributed by atoms with E-state index in [1.165, 1.54) is 10.4 Å². The van der Waals surface area contributed by atoms with Gasteiger partial charge in [-0.2, -0.15) is 4.31 Å². The predicted molar refractivity (Wildman–Crippen MR) is 131 cm³/mol. The first-order valence-electron chi connectivity index (χ1n) is 11.4. The highest BCUT2D eigenvalue weighted by Gasteiger charge is 2.28. The molecule has 0 saturated carbocycles. The van der Waals surface area contributed by atoms with Crippen LogP contribution < -0.4 is 15.5 Å². The van der Waals surface area contributed by atoms with Crippen LogP contribution in [0.15, 0.2) is 47.4 Å². The Morgan fingerprint density at radius 2 is 1.71 bits per heavy atom. The van der Waals surface area contributed by atoms with Gasteiger partial charge in [0.2, 0.25) is 21.8 Å². The Hall–Kier alpha value is -2.95. The number of nitrogens with zero attached hydrogens (tertiary/aromatic N) is 2. The molecule has 2 aliphatic heterocycles. The minimum atomic E-state index is -3.68. The average Bonchev–Trinajstić information content (AvgIpc) is 3.27. The number of hydrogen-bond donors (Lipinski definition) is 2. The molecular weight excluding hydrogens is 456 g/mol. The van der Waals surface area contributed by atoms with E-state index in [4.69, 9.17) is 4.74 Å². The molecule has 1 atom stereocenters. The second kappa shape index (κ2) is 10.1. The van der Waals surface area contributed by atoms with Crippen molar-refractivity contribution in [1.82, 2.24) is 4.31 Å². The van der Waals surface area contributed by atoms with Gasteiger partial charge in [-0.1, -0.05) is 6.07 Å². The topological polar surface area (TPSA) is 108 Å². The number of carbonyl (C=O) groups excluding carboxylic acids is 2. The summed E-state index contributed by atoms with van der Waals surface area (Å²) < 4.78 is 32.8. The number of aryl methyl sites for hydroxylation is 1. The van der Waals surface area contributed by atoms with E-state index in [2.05, 4.69) is 10.6 Å². The van der Waals surface area contributed by atoms with E-state index < -0.39 is 16.1 Å². The van der Waals surface area contributed by atoms with Crippen LogP contribution in [0.25, 0.3) is 0 Å². The number of benzene rings is 2. The van der Waals surface area contributed by atoms with E-state index in [1.807, 2.05) is 24.3 Å². The number of anilines is 3. The second-order valence-electron chi connectivity index (χ2n) is 8.55. The van der Waals surface area contributed by atoms with Crippen LogP contribution in [0.1, 0.15) is 25.3 Å². The number of sulfonamides is 1. The maximum atomic E-state index is 13.1. The molecule has 0 bridgehead atoms. The van der Waals surface area contributed by atoms with Crippen LogP contribution in [0.2, 0.25) is 0 Å². The maximum Gasteiger partial charge on any atom is 0.246 e. The first kappa shape index (κ1) is 24.2. The van der Waals surface area contributed by atoms with Gasteiger partial charge in [-0.15, -0.1) is 0 Å². The van der Waals surface area contributed by atoms with Crippen molar-refractivity contribution < 1.29 is 22.7 Å². The normalized spacial score (nSPS) is 18.1. The highest BCUT2D eigenvalue weighted by Crippen LogP contribution is 2.25. The van der Waals surface area contributed by atoms with Gasteiger partial charge in [-0.3, -0.25) is 9.59 Å². The number of nitrogens with one attached hydrogen (secondary N) is 2. The fraction of sp³-hybridized carbons (Fsp3) is 0.417. The van der Waals surface area contributed by atoms with Gasteiger partial charge < -0.3 is 20.3 Å². The quantitative estimate of drug-likeness (QED) is 0.623. The summed E-state index contributed by atoms with van der Waals surface area (Å²) >= 11 is 0. The van der Waals surface area contributed by atoms with Crippen molar-refractivity contribution in [3.8, 4) is 0 Å². The van der Waals surface area contributed by atoms with Crippen molar-refractivity contribution in [3.63, 3.8) is 0 Å². The smallest absolute Gasteiger partial charge is 0.246 e. The van der Waals surface area contributed by atoms with Gasteiger partial charge in [0.1, 0.15) is 6.04 Å². The number of rotatable bonds is 7. The van der Waals surface area contributed by atoms with Gasteiger partial charge in [0.25, 0.3) is 0 Å². The van der Waals surface area contributed by atoms with Crippen LogP contribution in [0.5, 0.6) is 0 Å². The highest BCUT2D eigenvalue weighted by atomic mass is 32.2. The number of morpholine rings is 1. The lowest BCUT2D eigenvalue weighted by molar-refractivity contribution is -0.117. The number of hydrogen-bond acceptors (Lipinski definition) is 6. The predicted octanol–water partition coefficient (Wildman–Crippen LogP) is 2.58. The van der Waals surface area contributed by atoms with Gasteiger partial charge in [0.15, 0.2) is 0 Å². The molecule has 182 valence electrons. The van der Waals surface area contributed by atoms with Crippen LogP contribution in [-0.4, -0.2) is 63.4 Å². The van der Waals surface area contributed by atoms with Crippen LogP contribution in [0.4, 0.5) is 17.1 Å². The molecular formula is C24H30N4O5S. The molecule has 10 heteroatoms. The van der Waals surface area contributed by atoms with Crippen LogP contribution in [-0.2, 0) is 24.3 Å². The number of ether oxygens (including phenoxy) is 1. The SMILES string of the molecule is Cc1ccc(NC(=O)C(C)Nc2ccc(N3CCCC3=O)cc2)cc1S(=O)(=O)N1CCOCC1. The van der Waals surface area contributed by atoms with Crippen molar-refractivity contribution in [2.45, 2.75) is 37.6 Å². The van der Waals surface area contributed by atoms with Crippen molar-refractivity contribution in [2.75, 3.05) is 48.4 Å². The van der Waals surface area contributed by atoms with Crippen molar-refractivity contribution in [2.24, 2.45) is 0 Å². The molecule has 1 unspecified atom stereocenters. The molecule has 0 radical (unpaired) electrons. The number of carbonyl (C=O) groups is 2. The summed E-state index contributed by atoms with van der Waals surface area (Å²) in [6, 6.07) is 11.7. The third kappa shape index (κ3) is 5.24. The van der Waals surface area contributed by atoms with Gasteiger partial charge in [0, 0.05) is 43.1 Å². The zero-order valence-electron chi connectivity index (χ0n) is 19.4. The van der Waals surface area contributed by atoms with E-state index in [-0.39, 0.29) is 16.7 Å². The van der Waals surface area contributed by atoms with Gasteiger partial charge in [0.05, 0.1) is 18.1 Å². The van der Waals surface area contributed by atoms with Crippen LogP contribution in [0, 0.1) is 6.92 Å². The van der Waals surface area contributed by atoms with Crippen molar-refractivity contribution in [1.29, 1.82) is 0 Å². The lowest BCUT2D eigenvalue weighted by atomic mass is 10.2. The number of amides is 2. The molecule has 2 fully saturated rings. The van der Waals surface area contributed by atoms with Crippen molar-refractivity contribution in [3.05, 3.63) is 48.0 Å². The fourth-order valence-corrected chi connectivity index (χ4v) is 5.77. The largest absolute Gasteiger partial charge is 0.379 e. The van der Waals surface area contributed by atoms with Gasteiger partial charge in [-0.05, 0) is 62.2 Å². The Labute approximate surface area is 200 Å². The molecule has 4 rings (SSSR count). The standard InChI is InChI=1S/C24H30N4O5S/c1-17-5-6-20(16-22(17)34(31,32)27-12-14-33-15-13-27)26-24(30)18(2)25-19-7-9-21(10-8-19)28-11-3-4-23(28)29/h5-10,16,18,25H,3-4,11-15H2,1-2H3,(H,26,30). The molecule has 2 aliphatic rings. The second-order valence-corrected chi connectivity index (χ2v) is 10.5. The Morgan fingerprint density at radius 1 is 1.03 bits per heavy atom. The summed E-state index contributed by atoms with van der Waals surface area (Å²) in [5.41, 5.74) is 2.63. The van der Waals surface area contributed by atoms with E-state index in [0.29, 0.717) is 44.0 Å². The molecule has 0 aliphatic carbocycles. The molecule has 2 aromatic rings. The average molecular weight is 487 g/mol. The van der Waals surface area contributed by atoms with E-state index in [9.17, 15) is 18.0 Å². The van der Waals surface area contributed by atoms with E-state index in [1.54, 1.807) is 30.9 Å². The summed E-state index contributed by atoms with van der Waals surface area (Å²) in [5, 5.41) is 5.95. The monoisotopic (exact) mass is 486 g/mol. The lowest BCUT2D eigenvalue weighted by Crippen LogP contribution is -2.40. The highest BCUT2D eigenvalue weighted by molar-refractivity contribution is 7.89. The molecule has 2 aromatic carbocycles. The molecule has 0 aromatic heterocycles. The third-order valence-electron chi connectivity index (χ3n) is 6.07. The Bertz CT molecular complexity index is 1160. The fourth-order valence-electron chi connectivity index (χ4n) is 4.11. The summed E-state index contributed by atoms with van der Waals surface area (Å²) in [6.45, 7) is 5.55. The molecule has 2 heterocycles. The van der Waals surface area contributed by atoms with E-state index in [0.717, 1.165) is 24.3 Å². The first-order chi connectivity index (χ1) is 16.3. The minimum absolute atomic E-state index is 0.126. The van der Waals surface area contributed by atoms with Crippen molar-refractivity contribution >= 4 is 38.9 Å². The van der Waals surface area contributed by atoms with Gasteiger partial charge in [-0.25, -0.2) is 8.42 Å². The summed E-state index contributed by atoms with van der Waals surface area (Å²) in [5.74, 6) is -0.168. The summed E-state index contributed by atoms with van der Waals surface area (Å²) in [4.78, 5) is 26.6. The minimum Gasteiger partial charge on any atom is -0.379 e.